The van der Waals surface area contributed by atoms with Crippen molar-refractivity contribution in [1.82, 2.24) is 15.3 Å². The van der Waals surface area contributed by atoms with Crippen LogP contribution < -0.4 is 11.1 Å². The van der Waals surface area contributed by atoms with E-state index in [1.165, 1.54) is 5.56 Å². The summed E-state index contributed by atoms with van der Waals surface area (Å²) in [6.45, 7) is 0.561. The van der Waals surface area contributed by atoms with Crippen molar-refractivity contribution in [2.45, 2.75) is 30.3 Å². The van der Waals surface area contributed by atoms with Crippen molar-refractivity contribution in [3.05, 3.63) is 70.5 Å². The predicted molar refractivity (Wildman–Crippen MR) is 101 cm³/mol. The summed E-state index contributed by atoms with van der Waals surface area (Å²) >= 11 is 7.76. The molecule has 0 fully saturated rings. The number of nitrogens with two attached hydrogens (primary N) is 1. The second-order valence-corrected chi connectivity index (χ2v) is 6.79. The average molecular weight is 359 g/mol. The molecular formula is C18H19ClN4S. The fourth-order valence-electron chi connectivity index (χ4n) is 2.32. The zero-order valence-electron chi connectivity index (χ0n) is 13.2. The van der Waals surface area contributed by atoms with Crippen LogP contribution in [0.1, 0.15) is 24.0 Å². The maximum atomic E-state index is 6.18. The molecule has 0 saturated heterocycles. The monoisotopic (exact) mass is 358 g/mol. The molecule has 0 atom stereocenters. The minimum atomic E-state index is 0.504. The van der Waals surface area contributed by atoms with Crippen LogP contribution in [-0.4, -0.2) is 9.97 Å². The number of nitrogen functional groups attached to an aromatic ring is 1. The summed E-state index contributed by atoms with van der Waals surface area (Å²) in [5.41, 5.74) is 9.13. The Morgan fingerprint density at radius 3 is 2.71 bits per heavy atom. The summed E-state index contributed by atoms with van der Waals surface area (Å²) < 4.78 is 0. The number of hydrogen-bond acceptors (Lipinski definition) is 5. The molecule has 1 aromatic carbocycles. The molecular weight excluding hydrogens is 340 g/mol. The van der Waals surface area contributed by atoms with Gasteiger partial charge in [0.05, 0.1) is 5.03 Å². The Kier molecular flexibility index (Phi) is 5.77. The third kappa shape index (κ3) is 4.52. The molecule has 0 aliphatic heterocycles. The maximum absolute atomic E-state index is 6.18. The van der Waals surface area contributed by atoms with E-state index in [1.807, 2.05) is 24.3 Å². The van der Waals surface area contributed by atoms with Gasteiger partial charge in [0, 0.05) is 29.8 Å². The summed E-state index contributed by atoms with van der Waals surface area (Å²) in [7, 11) is 0. The third-order valence-electron chi connectivity index (χ3n) is 3.65. The van der Waals surface area contributed by atoms with Gasteiger partial charge in [0.15, 0.2) is 5.16 Å². The first-order chi connectivity index (χ1) is 11.7. The quantitative estimate of drug-likeness (QED) is 0.597. The lowest BCUT2D eigenvalue weighted by Gasteiger charge is -2.14. The maximum Gasteiger partial charge on any atom is 0.189 e. The number of anilines is 1. The van der Waals surface area contributed by atoms with Gasteiger partial charge in [0.25, 0.3) is 0 Å². The molecule has 1 aliphatic rings. The Bertz CT molecular complexity index is 759. The van der Waals surface area contributed by atoms with E-state index in [2.05, 4.69) is 33.5 Å². The van der Waals surface area contributed by atoms with Gasteiger partial charge in [0.2, 0.25) is 0 Å². The number of allylic oxidation sites excluding steroid dienone is 3. The van der Waals surface area contributed by atoms with Crippen LogP contribution in [0.3, 0.4) is 0 Å². The number of benzene rings is 1. The normalized spacial score (nSPS) is 14.0. The summed E-state index contributed by atoms with van der Waals surface area (Å²) in [5.74, 6) is 1.33. The Morgan fingerprint density at radius 1 is 1.17 bits per heavy atom. The molecule has 2 aromatic rings. The van der Waals surface area contributed by atoms with Gasteiger partial charge in [-0.2, -0.15) is 0 Å². The third-order valence-corrected chi connectivity index (χ3v) is 4.94. The largest absolute Gasteiger partial charge is 0.383 e. The van der Waals surface area contributed by atoms with Gasteiger partial charge in [-0.15, -0.1) is 0 Å². The van der Waals surface area contributed by atoms with Crippen LogP contribution in [0, 0.1) is 0 Å². The topological polar surface area (TPSA) is 63.8 Å². The number of thioether (sulfide) groups is 1. The molecule has 0 saturated carbocycles. The van der Waals surface area contributed by atoms with E-state index < -0.39 is 0 Å². The Balaban J connectivity index is 1.58. The molecule has 1 aromatic heterocycles. The predicted octanol–water partition coefficient (Wildman–Crippen LogP) is 4.24. The van der Waals surface area contributed by atoms with Crippen LogP contribution in [-0.2, 0) is 12.3 Å². The highest BCUT2D eigenvalue weighted by Gasteiger charge is 2.09. The van der Waals surface area contributed by atoms with Gasteiger partial charge in [-0.25, -0.2) is 9.97 Å². The van der Waals surface area contributed by atoms with E-state index in [0.717, 1.165) is 34.9 Å². The first kappa shape index (κ1) is 16.9. The van der Waals surface area contributed by atoms with Crippen LogP contribution in [0.4, 0.5) is 5.82 Å². The van der Waals surface area contributed by atoms with Crippen LogP contribution in [0.5, 0.6) is 0 Å². The van der Waals surface area contributed by atoms with E-state index in [0.29, 0.717) is 17.5 Å². The van der Waals surface area contributed by atoms with Crippen LogP contribution in [0.2, 0.25) is 0 Å². The highest BCUT2D eigenvalue weighted by molar-refractivity contribution is 7.98. The fraction of sp³-hybridized carbons (Fsp3) is 0.222. The Hall–Kier alpha value is -1.98. The van der Waals surface area contributed by atoms with Crippen molar-refractivity contribution in [2.75, 3.05) is 5.73 Å². The fourth-order valence-corrected chi connectivity index (χ4v) is 3.35. The van der Waals surface area contributed by atoms with Crippen molar-refractivity contribution in [3.63, 3.8) is 0 Å². The molecule has 0 amide bonds. The van der Waals surface area contributed by atoms with Gasteiger partial charge in [-0.05, 0) is 18.4 Å². The summed E-state index contributed by atoms with van der Waals surface area (Å²) in [5, 5.41) is 4.75. The molecule has 0 bridgehead atoms. The van der Waals surface area contributed by atoms with Crippen molar-refractivity contribution in [2.24, 2.45) is 0 Å². The standard InChI is InChI=1S/C18H19ClN4S/c19-15-8-4-5-9-16(15)21-10-14-11-22-18(23-17(14)20)24-12-13-6-2-1-3-7-13/h1-3,6-9,11,21H,4-5,10,12H2,(H2,20,22,23). The second kappa shape index (κ2) is 8.22. The number of nitrogens with zero attached hydrogens (tertiary/aromatic N) is 2. The Morgan fingerprint density at radius 2 is 1.96 bits per heavy atom. The van der Waals surface area contributed by atoms with Crippen molar-refractivity contribution in [3.8, 4) is 0 Å². The zero-order chi connectivity index (χ0) is 16.8. The zero-order valence-corrected chi connectivity index (χ0v) is 14.8. The van der Waals surface area contributed by atoms with Gasteiger partial charge in [0.1, 0.15) is 5.82 Å². The summed E-state index contributed by atoms with van der Waals surface area (Å²) in [4.78, 5) is 8.80. The van der Waals surface area contributed by atoms with E-state index in [4.69, 9.17) is 17.3 Å². The highest BCUT2D eigenvalue weighted by atomic mass is 35.5. The van der Waals surface area contributed by atoms with Gasteiger partial charge in [-0.3, -0.25) is 0 Å². The number of hydrogen-bond donors (Lipinski definition) is 2. The lowest BCUT2D eigenvalue weighted by molar-refractivity contribution is 0.792. The van der Waals surface area contributed by atoms with Crippen molar-refractivity contribution in [1.29, 1.82) is 0 Å². The Labute approximate surface area is 151 Å². The minimum absolute atomic E-state index is 0.504. The van der Waals surface area contributed by atoms with Crippen molar-refractivity contribution >= 4 is 29.2 Å². The number of rotatable bonds is 6. The summed E-state index contributed by atoms with van der Waals surface area (Å²) in [6.07, 6.45) is 7.89. The van der Waals surface area contributed by atoms with Crippen LogP contribution >= 0.6 is 23.4 Å². The molecule has 24 heavy (non-hydrogen) atoms. The number of aromatic nitrogens is 2. The molecule has 0 unspecified atom stereocenters. The molecule has 124 valence electrons. The molecule has 6 heteroatoms. The first-order valence-electron chi connectivity index (χ1n) is 7.80. The van der Waals surface area contributed by atoms with E-state index in [1.54, 1.807) is 18.0 Å². The number of halogens is 1. The molecule has 3 rings (SSSR count). The SMILES string of the molecule is Nc1nc(SCc2ccccc2)ncc1CNC1=CCCC=C1Cl. The molecule has 0 spiro atoms. The average Bonchev–Trinajstić information content (AvgIpc) is 2.61. The molecule has 0 radical (unpaired) electrons. The van der Waals surface area contributed by atoms with E-state index >= 15 is 0 Å². The lowest BCUT2D eigenvalue weighted by Crippen LogP contribution is -2.16. The first-order valence-corrected chi connectivity index (χ1v) is 9.17. The highest BCUT2D eigenvalue weighted by Crippen LogP contribution is 2.22. The van der Waals surface area contributed by atoms with Crippen molar-refractivity contribution < 1.29 is 0 Å². The lowest BCUT2D eigenvalue weighted by atomic mass is 10.1. The molecule has 1 heterocycles. The van der Waals surface area contributed by atoms with Gasteiger partial charge >= 0.3 is 0 Å². The van der Waals surface area contributed by atoms with E-state index in [-0.39, 0.29) is 0 Å². The van der Waals surface area contributed by atoms with Gasteiger partial charge in [-0.1, -0.05) is 65.8 Å². The second-order valence-electron chi connectivity index (χ2n) is 5.44. The smallest absolute Gasteiger partial charge is 0.189 e. The van der Waals surface area contributed by atoms with E-state index in [9.17, 15) is 0 Å². The van der Waals surface area contributed by atoms with Crippen LogP contribution in [0.15, 0.2) is 64.6 Å². The number of nitrogens with one attached hydrogen (secondary N) is 1. The molecule has 1 aliphatic carbocycles. The summed E-state index contributed by atoms with van der Waals surface area (Å²) in [6, 6.07) is 10.2. The minimum Gasteiger partial charge on any atom is -0.383 e. The molecule has 3 N–H and O–H groups in total. The van der Waals surface area contributed by atoms with Gasteiger partial charge < -0.3 is 11.1 Å². The van der Waals surface area contributed by atoms with Crippen LogP contribution in [0.25, 0.3) is 0 Å². The molecule has 4 nitrogen and oxygen atoms in total.